The number of para-hydroxylation sites is 1. The second kappa shape index (κ2) is 11.5. The SMILES string of the molecule is c1ccc(-c2c3ccccc3c(-c3cccc4c3oc3cc(-c5c6ccccc6c(-c6ccsc6)c6ccccc56)ccc34)c3ccccc23)cc1. The van der Waals surface area contributed by atoms with Crippen LogP contribution in [0.2, 0.25) is 0 Å². The van der Waals surface area contributed by atoms with Gasteiger partial charge in [0.25, 0.3) is 0 Å². The third-order valence-electron chi connectivity index (χ3n) is 10.8. The number of furan rings is 1. The molecule has 2 aromatic heterocycles. The third kappa shape index (κ3) is 4.28. The molecule has 0 unspecified atom stereocenters. The lowest BCUT2D eigenvalue weighted by atomic mass is 9.85. The van der Waals surface area contributed by atoms with Crippen LogP contribution >= 0.6 is 11.3 Å². The van der Waals surface area contributed by atoms with E-state index in [1.165, 1.54) is 76.5 Å². The summed E-state index contributed by atoms with van der Waals surface area (Å²) in [6, 6.07) is 61.7. The zero-order valence-electron chi connectivity index (χ0n) is 28.1. The zero-order valence-corrected chi connectivity index (χ0v) is 29.0. The lowest BCUT2D eigenvalue weighted by molar-refractivity contribution is 0.670. The van der Waals surface area contributed by atoms with Gasteiger partial charge in [0.05, 0.1) is 0 Å². The van der Waals surface area contributed by atoms with Crippen LogP contribution in [-0.4, -0.2) is 0 Å². The fraction of sp³-hybridized carbons (Fsp3) is 0. The maximum Gasteiger partial charge on any atom is 0.143 e. The second-order valence-corrected chi connectivity index (χ2v) is 14.3. The number of hydrogen-bond acceptors (Lipinski definition) is 2. The van der Waals surface area contributed by atoms with Gasteiger partial charge in [-0.25, -0.2) is 0 Å². The monoisotopic (exact) mass is 678 g/mol. The van der Waals surface area contributed by atoms with Crippen molar-refractivity contribution >= 4 is 76.4 Å². The molecule has 0 fully saturated rings. The first kappa shape index (κ1) is 29.3. The molecule has 52 heavy (non-hydrogen) atoms. The van der Waals surface area contributed by atoms with Crippen LogP contribution in [0.15, 0.2) is 185 Å². The summed E-state index contributed by atoms with van der Waals surface area (Å²) in [6.45, 7) is 0. The molecule has 9 aromatic carbocycles. The Hall–Kier alpha value is -6.48. The third-order valence-corrected chi connectivity index (χ3v) is 11.5. The fourth-order valence-corrected chi connectivity index (χ4v) is 9.29. The molecule has 2 heteroatoms. The van der Waals surface area contributed by atoms with Crippen LogP contribution in [-0.2, 0) is 0 Å². The fourth-order valence-electron chi connectivity index (χ4n) is 8.64. The number of rotatable bonds is 4. The van der Waals surface area contributed by atoms with Crippen molar-refractivity contribution in [2.45, 2.75) is 0 Å². The van der Waals surface area contributed by atoms with E-state index in [0.717, 1.165) is 33.1 Å². The molecule has 0 spiro atoms. The van der Waals surface area contributed by atoms with Gasteiger partial charge >= 0.3 is 0 Å². The quantitative estimate of drug-likeness (QED) is 0.169. The van der Waals surface area contributed by atoms with E-state index in [1.807, 2.05) is 0 Å². The lowest BCUT2D eigenvalue weighted by Crippen LogP contribution is -1.90. The van der Waals surface area contributed by atoms with Gasteiger partial charge in [0.1, 0.15) is 11.2 Å². The molecule has 0 aliphatic rings. The van der Waals surface area contributed by atoms with Crippen molar-refractivity contribution in [1.82, 2.24) is 0 Å². The molecular weight excluding hydrogens is 649 g/mol. The highest BCUT2D eigenvalue weighted by Crippen LogP contribution is 2.48. The summed E-state index contributed by atoms with van der Waals surface area (Å²) < 4.78 is 7.02. The first-order valence-corrected chi connectivity index (χ1v) is 18.7. The van der Waals surface area contributed by atoms with E-state index in [-0.39, 0.29) is 0 Å². The molecule has 0 aliphatic heterocycles. The van der Waals surface area contributed by atoms with Crippen molar-refractivity contribution in [3.63, 3.8) is 0 Å². The Labute approximate surface area is 304 Å². The Morgan fingerprint density at radius 3 is 1.35 bits per heavy atom. The standard InChI is InChI=1S/C50H30OS/c1-2-13-31(14-3-1)46-39-19-8-10-21-41(39)49(42-22-11-9-20-40(42)46)44-24-12-23-43-34-26-25-32(29-45(34)51-50(43)44)47-35-15-4-6-17-37(35)48(33-27-28-52-30-33)38-18-7-5-16-36(38)47/h1-30H. The smallest absolute Gasteiger partial charge is 0.143 e. The van der Waals surface area contributed by atoms with Crippen LogP contribution in [0.3, 0.4) is 0 Å². The second-order valence-electron chi connectivity index (χ2n) is 13.6. The maximum absolute atomic E-state index is 7.02. The molecule has 0 atom stereocenters. The molecular formula is C50H30OS. The van der Waals surface area contributed by atoms with Gasteiger partial charge in [-0.3, -0.25) is 0 Å². The van der Waals surface area contributed by atoms with E-state index in [1.54, 1.807) is 11.3 Å². The van der Waals surface area contributed by atoms with E-state index in [4.69, 9.17) is 4.42 Å². The van der Waals surface area contributed by atoms with Crippen LogP contribution < -0.4 is 0 Å². The Balaban J connectivity index is 1.18. The minimum absolute atomic E-state index is 0.893. The number of hydrogen-bond donors (Lipinski definition) is 0. The normalized spacial score (nSPS) is 11.8. The molecule has 0 aliphatic carbocycles. The average molecular weight is 679 g/mol. The molecule has 0 saturated heterocycles. The summed E-state index contributed by atoms with van der Waals surface area (Å²) in [4.78, 5) is 0. The van der Waals surface area contributed by atoms with Gasteiger partial charge in [-0.15, -0.1) is 0 Å². The Morgan fingerprint density at radius 1 is 0.327 bits per heavy atom. The van der Waals surface area contributed by atoms with Crippen molar-refractivity contribution in [2.75, 3.05) is 0 Å². The summed E-state index contributed by atoms with van der Waals surface area (Å²) in [7, 11) is 0. The predicted molar refractivity (Wildman–Crippen MR) is 223 cm³/mol. The molecule has 11 aromatic rings. The van der Waals surface area contributed by atoms with E-state index >= 15 is 0 Å². The largest absolute Gasteiger partial charge is 0.455 e. The summed E-state index contributed by atoms with van der Waals surface area (Å²) in [5.74, 6) is 0. The van der Waals surface area contributed by atoms with Crippen LogP contribution in [0.25, 0.3) is 110 Å². The average Bonchev–Trinajstić information content (AvgIpc) is 3.88. The van der Waals surface area contributed by atoms with Gasteiger partial charge in [0.2, 0.25) is 0 Å². The van der Waals surface area contributed by atoms with E-state index in [9.17, 15) is 0 Å². The highest BCUT2D eigenvalue weighted by atomic mass is 32.1. The van der Waals surface area contributed by atoms with Crippen LogP contribution in [0, 0.1) is 0 Å². The highest BCUT2D eigenvalue weighted by molar-refractivity contribution is 7.08. The van der Waals surface area contributed by atoms with E-state index in [2.05, 4.69) is 181 Å². The van der Waals surface area contributed by atoms with Gasteiger partial charge in [-0.2, -0.15) is 11.3 Å². The van der Waals surface area contributed by atoms with Crippen LogP contribution in [0.1, 0.15) is 0 Å². The van der Waals surface area contributed by atoms with Crippen molar-refractivity contribution < 1.29 is 4.42 Å². The topological polar surface area (TPSA) is 13.1 Å². The molecule has 0 radical (unpaired) electrons. The first-order chi connectivity index (χ1) is 25.8. The number of benzene rings is 9. The molecule has 2 heterocycles. The maximum atomic E-state index is 7.02. The van der Waals surface area contributed by atoms with Crippen molar-refractivity contribution in [3.05, 3.63) is 181 Å². The van der Waals surface area contributed by atoms with E-state index < -0.39 is 0 Å². The van der Waals surface area contributed by atoms with Gasteiger partial charge in [0, 0.05) is 21.9 Å². The molecule has 1 nitrogen and oxygen atoms in total. The Bertz CT molecular complexity index is 3050. The summed E-state index contributed by atoms with van der Waals surface area (Å²) in [6.07, 6.45) is 0. The van der Waals surface area contributed by atoms with Crippen LogP contribution in [0.4, 0.5) is 0 Å². The number of fused-ring (bicyclic) bond motifs is 7. The molecule has 0 N–H and O–H groups in total. The molecule has 0 bridgehead atoms. The lowest BCUT2D eigenvalue weighted by Gasteiger charge is -2.17. The summed E-state index contributed by atoms with van der Waals surface area (Å²) >= 11 is 1.74. The molecule has 0 amide bonds. The minimum atomic E-state index is 0.893. The Kier molecular flexibility index (Phi) is 6.49. The zero-order chi connectivity index (χ0) is 34.2. The van der Waals surface area contributed by atoms with Gasteiger partial charge < -0.3 is 4.42 Å². The van der Waals surface area contributed by atoms with Crippen molar-refractivity contribution in [1.29, 1.82) is 0 Å². The summed E-state index contributed by atoms with van der Waals surface area (Å²) in [5.41, 5.74) is 11.6. The minimum Gasteiger partial charge on any atom is -0.455 e. The Morgan fingerprint density at radius 2 is 0.808 bits per heavy atom. The number of thiophene rings is 1. The van der Waals surface area contributed by atoms with E-state index in [0.29, 0.717) is 0 Å². The van der Waals surface area contributed by atoms with Crippen molar-refractivity contribution in [3.8, 4) is 44.5 Å². The molecule has 0 saturated carbocycles. The van der Waals surface area contributed by atoms with Gasteiger partial charge in [0.15, 0.2) is 0 Å². The van der Waals surface area contributed by atoms with Gasteiger partial charge in [-0.05, 0) is 105 Å². The predicted octanol–water partition coefficient (Wildman–Crippen LogP) is 14.9. The van der Waals surface area contributed by atoms with Gasteiger partial charge in [-0.1, -0.05) is 152 Å². The van der Waals surface area contributed by atoms with Crippen LogP contribution in [0.5, 0.6) is 0 Å². The van der Waals surface area contributed by atoms with Crippen molar-refractivity contribution in [2.24, 2.45) is 0 Å². The molecule has 242 valence electrons. The first-order valence-electron chi connectivity index (χ1n) is 17.7. The highest BCUT2D eigenvalue weighted by Gasteiger charge is 2.21. The summed E-state index contributed by atoms with van der Waals surface area (Å²) in [5, 5.41) is 16.6. The molecule has 11 rings (SSSR count).